The highest BCUT2D eigenvalue weighted by molar-refractivity contribution is 7.80. The van der Waals surface area contributed by atoms with E-state index >= 15 is 0 Å². The summed E-state index contributed by atoms with van der Waals surface area (Å²) in [6, 6.07) is 0.303. The molecule has 108 valence electrons. The molecule has 19 heavy (non-hydrogen) atoms. The third-order valence-corrected chi connectivity index (χ3v) is 5.37. The van der Waals surface area contributed by atoms with Gasteiger partial charge in [-0.2, -0.15) is 0 Å². The van der Waals surface area contributed by atoms with Crippen molar-refractivity contribution >= 4 is 23.1 Å². The van der Waals surface area contributed by atoms with Gasteiger partial charge in [-0.25, -0.2) is 0 Å². The van der Waals surface area contributed by atoms with Crippen molar-refractivity contribution in [1.29, 1.82) is 0 Å². The van der Waals surface area contributed by atoms with Gasteiger partial charge in [0.15, 0.2) is 0 Å². The lowest BCUT2D eigenvalue weighted by Crippen LogP contribution is -2.58. The van der Waals surface area contributed by atoms with Crippen LogP contribution in [0.1, 0.15) is 58.8 Å². The number of rotatable bonds is 3. The summed E-state index contributed by atoms with van der Waals surface area (Å²) < 4.78 is 0. The van der Waals surface area contributed by atoms with E-state index in [2.05, 4.69) is 19.2 Å². The van der Waals surface area contributed by atoms with Crippen LogP contribution in [0.15, 0.2) is 0 Å². The summed E-state index contributed by atoms with van der Waals surface area (Å²) in [5.74, 6) is 1.20. The van der Waals surface area contributed by atoms with Gasteiger partial charge in [0.1, 0.15) is 0 Å². The average molecular weight is 282 g/mol. The van der Waals surface area contributed by atoms with Crippen LogP contribution in [0.25, 0.3) is 0 Å². The highest BCUT2D eigenvalue weighted by Gasteiger charge is 2.51. The van der Waals surface area contributed by atoms with Crippen molar-refractivity contribution in [2.75, 3.05) is 0 Å². The average Bonchev–Trinajstić information content (AvgIpc) is 2.50. The molecule has 1 amide bonds. The fourth-order valence-corrected chi connectivity index (χ4v) is 3.90. The summed E-state index contributed by atoms with van der Waals surface area (Å²) >= 11 is 5.15. The Hall–Kier alpha value is -0.640. The Morgan fingerprint density at radius 2 is 1.84 bits per heavy atom. The molecule has 0 aromatic rings. The maximum atomic E-state index is 12.6. The van der Waals surface area contributed by atoms with Gasteiger partial charge in [0.2, 0.25) is 5.91 Å². The fourth-order valence-electron chi connectivity index (χ4n) is 3.64. The maximum Gasteiger partial charge on any atom is 0.233 e. The fraction of sp³-hybridized carbons (Fsp3) is 0.867. The van der Waals surface area contributed by atoms with Crippen molar-refractivity contribution in [3.63, 3.8) is 0 Å². The first-order valence-electron chi connectivity index (χ1n) is 7.56. The Kier molecular flexibility index (Phi) is 4.49. The number of nitrogens with two attached hydrogens (primary N) is 1. The van der Waals surface area contributed by atoms with Crippen molar-refractivity contribution in [3.8, 4) is 0 Å². The van der Waals surface area contributed by atoms with Gasteiger partial charge < -0.3 is 11.1 Å². The van der Waals surface area contributed by atoms with E-state index in [1.165, 1.54) is 25.7 Å². The van der Waals surface area contributed by atoms with E-state index in [1.807, 2.05) is 0 Å². The molecule has 0 radical (unpaired) electrons. The van der Waals surface area contributed by atoms with Crippen molar-refractivity contribution in [2.24, 2.45) is 23.0 Å². The Labute approximate surface area is 121 Å². The zero-order chi connectivity index (χ0) is 14.0. The van der Waals surface area contributed by atoms with E-state index in [0.29, 0.717) is 22.9 Å². The normalized spacial score (nSPS) is 38.9. The molecule has 0 saturated heterocycles. The summed E-state index contributed by atoms with van der Waals surface area (Å²) in [7, 11) is 0. The van der Waals surface area contributed by atoms with Gasteiger partial charge in [0.05, 0.1) is 10.4 Å². The van der Waals surface area contributed by atoms with Crippen LogP contribution in [-0.2, 0) is 4.79 Å². The zero-order valence-corrected chi connectivity index (χ0v) is 12.9. The molecule has 2 saturated carbocycles. The molecule has 2 fully saturated rings. The second-order valence-corrected chi connectivity index (χ2v) is 7.09. The van der Waals surface area contributed by atoms with E-state index in [0.717, 1.165) is 19.3 Å². The zero-order valence-electron chi connectivity index (χ0n) is 12.1. The van der Waals surface area contributed by atoms with Gasteiger partial charge >= 0.3 is 0 Å². The summed E-state index contributed by atoms with van der Waals surface area (Å²) in [5.41, 5.74) is 5.28. The predicted molar refractivity (Wildman–Crippen MR) is 81.8 cm³/mol. The molecule has 0 spiro atoms. The molecule has 2 aliphatic carbocycles. The van der Waals surface area contributed by atoms with Crippen LogP contribution in [-0.4, -0.2) is 16.9 Å². The largest absolute Gasteiger partial charge is 0.392 e. The molecule has 2 unspecified atom stereocenters. The van der Waals surface area contributed by atoms with Gasteiger partial charge in [-0.1, -0.05) is 45.3 Å². The smallest absolute Gasteiger partial charge is 0.233 e. The van der Waals surface area contributed by atoms with Crippen LogP contribution in [0, 0.1) is 17.3 Å². The Morgan fingerprint density at radius 1 is 1.21 bits per heavy atom. The van der Waals surface area contributed by atoms with Crippen molar-refractivity contribution in [3.05, 3.63) is 0 Å². The van der Waals surface area contributed by atoms with Crippen LogP contribution in [0.4, 0.5) is 0 Å². The van der Waals surface area contributed by atoms with Crippen molar-refractivity contribution in [2.45, 2.75) is 64.8 Å². The summed E-state index contributed by atoms with van der Waals surface area (Å²) in [4.78, 5) is 13.0. The minimum Gasteiger partial charge on any atom is -0.392 e. The second kappa shape index (κ2) is 5.78. The van der Waals surface area contributed by atoms with Crippen molar-refractivity contribution < 1.29 is 4.79 Å². The van der Waals surface area contributed by atoms with Crippen molar-refractivity contribution in [1.82, 2.24) is 5.32 Å². The highest BCUT2D eigenvalue weighted by atomic mass is 32.1. The standard InChI is InChI=1S/C15H26N2OS/c1-10-8-15(9-10,13(16)19)14(18)17-12-7-5-3-4-6-11(12)2/h10-12H,3-9H2,1-2H3,(H2,16,19)(H,17,18). The summed E-state index contributed by atoms with van der Waals surface area (Å²) in [6.07, 6.45) is 7.72. The van der Waals surface area contributed by atoms with Crippen LogP contribution in [0.2, 0.25) is 0 Å². The van der Waals surface area contributed by atoms with Crippen LogP contribution in [0.3, 0.4) is 0 Å². The molecule has 2 rings (SSSR count). The predicted octanol–water partition coefficient (Wildman–Crippen LogP) is 2.77. The lowest BCUT2D eigenvalue weighted by molar-refractivity contribution is -0.134. The van der Waals surface area contributed by atoms with E-state index in [4.69, 9.17) is 18.0 Å². The minimum absolute atomic E-state index is 0.0804. The first kappa shape index (κ1) is 14.8. The number of carbonyl (C=O) groups excluding carboxylic acids is 1. The monoisotopic (exact) mass is 282 g/mol. The molecule has 0 aromatic heterocycles. The minimum atomic E-state index is -0.555. The first-order chi connectivity index (χ1) is 8.95. The molecular formula is C15H26N2OS. The van der Waals surface area contributed by atoms with Crippen LogP contribution in [0.5, 0.6) is 0 Å². The number of hydrogen-bond acceptors (Lipinski definition) is 2. The molecular weight excluding hydrogens is 256 g/mol. The van der Waals surface area contributed by atoms with E-state index < -0.39 is 5.41 Å². The van der Waals surface area contributed by atoms with Crippen LogP contribution >= 0.6 is 12.2 Å². The van der Waals surface area contributed by atoms with Gasteiger partial charge in [-0.3, -0.25) is 4.79 Å². The molecule has 0 aliphatic heterocycles. The molecule has 0 heterocycles. The topological polar surface area (TPSA) is 55.1 Å². The molecule has 3 nitrogen and oxygen atoms in total. The van der Waals surface area contributed by atoms with Gasteiger partial charge in [0, 0.05) is 6.04 Å². The molecule has 0 bridgehead atoms. The Bertz CT molecular complexity index is 363. The Balaban J connectivity index is 2.01. The SMILES string of the molecule is CC1CC(C(=O)NC2CCCCCC2C)(C(N)=S)C1. The Morgan fingerprint density at radius 3 is 2.42 bits per heavy atom. The van der Waals surface area contributed by atoms with Crippen LogP contribution < -0.4 is 11.1 Å². The summed E-state index contributed by atoms with van der Waals surface area (Å²) in [5, 5.41) is 3.25. The number of hydrogen-bond donors (Lipinski definition) is 2. The first-order valence-corrected chi connectivity index (χ1v) is 7.97. The molecule has 2 atom stereocenters. The lowest BCUT2D eigenvalue weighted by atomic mass is 9.62. The quantitative estimate of drug-likeness (QED) is 0.618. The van der Waals surface area contributed by atoms with E-state index in [1.54, 1.807) is 0 Å². The molecule has 3 N–H and O–H groups in total. The van der Waals surface area contributed by atoms with Gasteiger partial charge in [-0.15, -0.1) is 0 Å². The third-order valence-electron chi connectivity index (χ3n) is 4.98. The summed E-state index contributed by atoms with van der Waals surface area (Å²) in [6.45, 7) is 4.39. The number of thiocarbonyl (C=S) groups is 1. The van der Waals surface area contributed by atoms with Gasteiger partial charge in [0.25, 0.3) is 0 Å². The number of amides is 1. The highest BCUT2D eigenvalue weighted by Crippen LogP contribution is 2.46. The molecule has 4 heteroatoms. The van der Waals surface area contributed by atoms with E-state index in [-0.39, 0.29) is 5.91 Å². The number of nitrogens with one attached hydrogen (secondary N) is 1. The maximum absolute atomic E-state index is 12.6. The third kappa shape index (κ3) is 2.93. The second-order valence-electron chi connectivity index (χ2n) is 6.66. The molecule has 0 aromatic carbocycles. The molecule has 2 aliphatic rings. The van der Waals surface area contributed by atoms with E-state index in [9.17, 15) is 4.79 Å². The van der Waals surface area contributed by atoms with Gasteiger partial charge in [-0.05, 0) is 37.5 Å². The lowest BCUT2D eigenvalue weighted by Gasteiger charge is -2.45. The number of carbonyl (C=O) groups is 1.